The molecular weight excluding hydrogens is 212 g/mol. The highest BCUT2D eigenvalue weighted by Gasteiger charge is 2.25. The zero-order valence-corrected chi connectivity index (χ0v) is 10.5. The first-order valence-corrected chi connectivity index (χ1v) is 6.21. The van der Waals surface area contributed by atoms with Gasteiger partial charge in [-0.1, -0.05) is 17.2 Å². The first-order chi connectivity index (χ1) is 8.06. The van der Waals surface area contributed by atoms with Gasteiger partial charge in [0.15, 0.2) is 0 Å². The third kappa shape index (κ3) is 2.86. The van der Waals surface area contributed by atoms with E-state index in [9.17, 15) is 4.79 Å². The minimum Gasteiger partial charge on any atom is -0.348 e. The highest BCUT2D eigenvalue weighted by atomic mass is 16.1. The van der Waals surface area contributed by atoms with Crippen LogP contribution in [0.4, 0.5) is 0 Å². The fourth-order valence-corrected chi connectivity index (χ4v) is 2.53. The summed E-state index contributed by atoms with van der Waals surface area (Å²) in [6.07, 6.45) is 3.12. The maximum atomic E-state index is 12.1. The van der Waals surface area contributed by atoms with Crippen LogP contribution in [0.15, 0.2) is 18.2 Å². The molecule has 2 unspecified atom stereocenters. The van der Waals surface area contributed by atoms with E-state index in [0.717, 1.165) is 36.0 Å². The van der Waals surface area contributed by atoms with Gasteiger partial charge in [-0.15, -0.1) is 0 Å². The molecule has 3 N–H and O–H groups in total. The Morgan fingerprint density at radius 3 is 2.41 bits per heavy atom. The quantitative estimate of drug-likeness (QED) is 0.818. The fourth-order valence-electron chi connectivity index (χ4n) is 2.53. The van der Waals surface area contributed by atoms with Crippen molar-refractivity contribution < 1.29 is 4.79 Å². The van der Waals surface area contributed by atoms with Crippen LogP contribution < -0.4 is 11.1 Å². The number of hydrogen-bond donors (Lipinski definition) is 2. The minimum atomic E-state index is -0.000787. The molecule has 3 heteroatoms. The van der Waals surface area contributed by atoms with Crippen LogP contribution in [0.1, 0.15) is 40.7 Å². The topological polar surface area (TPSA) is 55.1 Å². The largest absolute Gasteiger partial charge is 0.348 e. The van der Waals surface area contributed by atoms with E-state index in [0.29, 0.717) is 0 Å². The number of nitrogens with two attached hydrogens (primary N) is 1. The van der Waals surface area contributed by atoms with E-state index in [2.05, 4.69) is 11.4 Å². The summed E-state index contributed by atoms with van der Waals surface area (Å²) in [5, 5.41) is 3.04. The van der Waals surface area contributed by atoms with Crippen LogP contribution in [0.25, 0.3) is 0 Å². The number of nitrogens with one attached hydrogen (secondary N) is 1. The van der Waals surface area contributed by atoms with Crippen LogP contribution in [0.3, 0.4) is 0 Å². The van der Waals surface area contributed by atoms with Crippen LogP contribution in [0, 0.1) is 13.8 Å². The van der Waals surface area contributed by atoms with Crippen molar-refractivity contribution in [2.24, 2.45) is 5.73 Å². The summed E-state index contributed by atoms with van der Waals surface area (Å²) >= 11 is 0. The van der Waals surface area contributed by atoms with E-state index in [1.165, 1.54) is 0 Å². The van der Waals surface area contributed by atoms with Crippen LogP contribution >= 0.6 is 0 Å². The average Bonchev–Trinajstić information content (AvgIpc) is 2.63. The van der Waals surface area contributed by atoms with Crippen LogP contribution in [0.5, 0.6) is 0 Å². The lowest BCUT2D eigenvalue weighted by Crippen LogP contribution is -2.44. The van der Waals surface area contributed by atoms with Gasteiger partial charge < -0.3 is 11.1 Å². The fraction of sp³-hybridized carbons (Fsp3) is 0.500. The zero-order valence-electron chi connectivity index (χ0n) is 10.5. The molecule has 1 aromatic carbocycles. The van der Waals surface area contributed by atoms with Crippen LogP contribution in [-0.2, 0) is 0 Å². The van der Waals surface area contributed by atoms with Gasteiger partial charge in [0.1, 0.15) is 0 Å². The van der Waals surface area contributed by atoms with Crippen molar-refractivity contribution in [1.29, 1.82) is 0 Å². The lowest BCUT2D eigenvalue weighted by Gasteiger charge is -2.17. The standard InChI is InChI=1S/C14H20N2O/c1-9-6-10(2)8-11(7-9)14(17)16-13-5-3-4-12(13)15/h6-8,12-13H,3-5,15H2,1-2H3,(H,16,17). The van der Waals surface area contributed by atoms with E-state index in [1.54, 1.807) is 0 Å². The molecular formula is C14H20N2O. The predicted octanol–water partition coefficient (Wildman–Crippen LogP) is 1.91. The Kier molecular flexibility index (Phi) is 3.48. The Morgan fingerprint density at radius 1 is 1.24 bits per heavy atom. The van der Waals surface area contributed by atoms with Gasteiger partial charge in [0.2, 0.25) is 0 Å². The van der Waals surface area contributed by atoms with E-state index >= 15 is 0 Å². The minimum absolute atomic E-state index is 0.000787. The summed E-state index contributed by atoms with van der Waals surface area (Å²) in [5.74, 6) is -0.000787. The molecule has 0 spiro atoms. The van der Waals surface area contributed by atoms with Crippen molar-refractivity contribution in [3.05, 3.63) is 34.9 Å². The Labute approximate surface area is 102 Å². The van der Waals surface area contributed by atoms with Crippen LogP contribution in [-0.4, -0.2) is 18.0 Å². The second-order valence-electron chi connectivity index (χ2n) is 5.05. The van der Waals surface area contributed by atoms with Crippen molar-refractivity contribution in [2.45, 2.75) is 45.2 Å². The second-order valence-corrected chi connectivity index (χ2v) is 5.05. The monoisotopic (exact) mass is 232 g/mol. The Morgan fingerprint density at radius 2 is 1.88 bits per heavy atom. The van der Waals surface area contributed by atoms with Gasteiger partial charge in [-0.05, 0) is 45.2 Å². The summed E-state index contributed by atoms with van der Waals surface area (Å²) in [7, 11) is 0. The summed E-state index contributed by atoms with van der Waals surface area (Å²) in [6.45, 7) is 4.01. The molecule has 0 heterocycles. The number of rotatable bonds is 2. The molecule has 0 aromatic heterocycles. The lowest BCUT2D eigenvalue weighted by atomic mass is 10.1. The second kappa shape index (κ2) is 4.88. The molecule has 1 amide bonds. The third-order valence-corrected chi connectivity index (χ3v) is 3.37. The first kappa shape index (κ1) is 12.1. The average molecular weight is 232 g/mol. The van der Waals surface area contributed by atoms with E-state index < -0.39 is 0 Å². The molecule has 0 aliphatic heterocycles. The number of benzene rings is 1. The smallest absolute Gasteiger partial charge is 0.251 e. The highest BCUT2D eigenvalue weighted by molar-refractivity contribution is 5.94. The van der Waals surface area contributed by atoms with Crippen molar-refractivity contribution in [3.63, 3.8) is 0 Å². The van der Waals surface area contributed by atoms with Gasteiger partial charge in [0.25, 0.3) is 5.91 Å². The number of carbonyl (C=O) groups excluding carboxylic acids is 1. The molecule has 1 aliphatic rings. The number of carbonyl (C=O) groups is 1. The zero-order chi connectivity index (χ0) is 12.4. The summed E-state index contributed by atoms with van der Waals surface area (Å²) in [4.78, 5) is 12.1. The summed E-state index contributed by atoms with van der Waals surface area (Å²) < 4.78 is 0. The molecule has 2 atom stereocenters. The molecule has 1 aliphatic carbocycles. The van der Waals surface area contributed by atoms with E-state index in [-0.39, 0.29) is 18.0 Å². The van der Waals surface area contributed by atoms with Crippen molar-refractivity contribution in [2.75, 3.05) is 0 Å². The van der Waals surface area contributed by atoms with Crippen molar-refractivity contribution in [1.82, 2.24) is 5.32 Å². The van der Waals surface area contributed by atoms with Gasteiger partial charge >= 0.3 is 0 Å². The normalized spacial score (nSPS) is 23.7. The number of aryl methyl sites for hydroxylation is 2. The molecule has 2 rings (SSSR count). The Balaban J connectivity index is 2.09. The maximum absolute atomic E-state index is 12.1. The molecule has 1 saturated carbocycles. The number of amides is 1. The van der Waals surface area contributed by atoms with Crippen molar-refractivity contribution >= 4 is 5.91 Å². The van der Waals surface area contributed by atoms with E-state index in [1.807, 2.05) is 26.0 Å². The predicted molar refractivity (Wildman–Crippen MR) is 69.0 cm³/mol. The van der Waals surface area contributed by atoms with Crippen molar-refractivity contribution in [3.8, 4) is 0 Å². The van der Waals surface area contributed by atoms with Gasteiger partial charge in [-0.25, -0.2) is 0 Å². The van der Waals surface area contributed by atoms with Gasteiger partial charge in [-0.2, -0.15) is 0 Å². The molecule has 3 nitrogen and oxygen atoms in total. The lowest BCUT2D eigenvalue weighted by molar-refractivity contribution is 0.0934. The molecule has 17 heavy (non-hydrogen) atoms. The Hall–Kier alpha value is -1.35. The summed E-state index contributed by atoms with van der Waals surface area (Å²) in [6, 6.07) is 6.16. The highest BCUT2D eigenvalue weighted by Crippen LogP contribution is 2.18. The van der Waals surface area contributed by atoms with E-state index in [4.69, 9.17) is 5.73 Å². The van der Waals surface area contributed by atoms with Gasteiger partial charge in [0.05, 0.1) is 0 Å². The third-order valence-electron chi connectivity index (χ3n) is 3.37. The molecule has 0 saturated heterocycles. The first-order valence-electron chi connectivity index (χ1n) is 6.21. The molecule has 92 valence electrons. The Bertz CT molecular complexity index is 408. The van der Waals surface area contributed by atoms with Gasteiger partial charge in [0, 0.05) is 17.6 Å². The summed E-state index contributed by atoms with van der Waals surface area (Å²) in [5.41, 5.74) is 8.92. The van der Waals surface area contributed by atoms with Crippen LogP contribution in [0.2, 0.25) is 0 Å². The SMILES string of the molecule is Cc1cc(C)cc(C(=O)NC2CCCC2N)c1. The number of hydrogen-bond acceptors (Lipinski definition) is 2. The molecule has 0 bridgehead atoms. The van der Waals surface area contributed by atoms with Gasteiger partial charge in [-0.3, -0.25) is 4.79 Å². The molecule has 1 aromatic rings. The molecule has 1 fully saturated rings. The molecule has 0 radical (unpaired) electrons. The maximum Gasteiger partial charge on any atom is 0.251 e.